The summed E-state index contributed by atoms with van der Waals surface area (Å²) in [6, 6.07) is 11.7. The Kier molecular flexibility index (Phi) is 5.99. The Hall–Kier alpha value is -3.79. The van der Waals surface area contributed by atoms with Crippen molar-refractivity contribution in [2.24, 2.45) is 0 Å². The summed E-state index contributed by atoms with van der Waals surface area (Å²) < 4.78 is 6.71. The number of benzene rings is 1. The smallest absolute Gasteiger partial charge is 0.259 e. The number of hydrogen-bond donors (Lipinski definition) is 2. The van der Waals surface area contributed by atoms with E-state index in [2.05, 4.69) is 42.4 Å². The number of hydrogen-bond acceptors (Lipinski definition) is 9. The molecule has 3 N–H and O–H groups in total. The van der Waals surface area contributed by atoms with Gasteiger partial charge in [-0.05, 0) is 55.6 Å². The monoisotopic (exact) mass is 446 g/mol. The predicted molar refractivity (Wildman–Crippen MR) is 124 cm³/mol. The number of furan rings is 1. The van der Waals surface area contributed by atoms with E-state index in [1.807, 2.05) is 12.1 Å². The Bertz CT molecular complexity index is 1230. The van der Waals surface area contributed by atoms with E-state index in [9.17, 15) is 4.79 Å². The van der Waals surface area contributed by atoms with E-state index in [0.29, 0.717) is 42.8 Å². The van der Waals surface area contributed by atoms with Gasteiger partial charge >= 0.3 is 0 Å². The van der Waals surface area contributed by atoms with Gasteiger partial charge in [-0.25, -0.2) is 0 Å². The van der Waals surface area contributed by atoms with Crippen molar-refractivity contribution >= 4 is 23.5 Å². The van der Waals surface area contributed by atoms with Crippen LogP contribution in [-0.2, 0) is 17.6 Å². The third kappa shape index (κ3) is 5.01. The number of fused-ring (bicyclic) bond motifs is 1. The minimum Gasteiger partial charge on any atom is -0.461 e. The molecule has 1 aromatic carbocycles. The molecule has 0 atom stereocenters. The molecule has 0 aliphatic carbocycles. The molecular weight excluding hydrogens is 420 g/mol. The zero-order valence-electron chi connectivity index (χ0n) is 18.3. The van der Waals surface area contributed by atoms with E-state index in [-0.39, 0.29) is 11.7 Å². The first-order valence-electron chi connectivity index (χ1n) is 11.1. The van der Waals surface area contributed by atoms with E-state index < -0.39 is 0 Å². The Morgan fingerprint density at radius 2 is 1.85 bits per heavy atom. The highest BCUT2D eigenvalue weighted by Gasteiger charge is 2.16. The molecule has 4 aromatic rings. The standard InChI is InChI=1S/C23H26N8O2/c24-21-27-22(28-23-26-20(29-31(21)23)19-4-3-13-33-19)25-10-9-16-5-7-17(8-6-16)14-18(32)15-30-11-1-2-12-30/h3-8,13H,1-2,9-12,14-15H2,(H3,24,25,26,27,28,29). The zero-order valence-corrected chi connectivity index (χ0v) is 18.3. The minimum atomic E-state index is 0.191. The summed E-state index contributed by atoms with van der Waals surface area (Å²) in [4.78, 5) is 27.5. The van der Waals surface area contributed by atoms with E-state index >= 15 is 0 Å². The summed E-state index contributed by atoms with van der Waals surface area (Å²) in [7, 11) is 0. The van der Waals surface area contributed by atoms with Gasteiger partial charge in [0.05, 0.1) is 12.8 Å². The number of ketones is 1. The maximum atomic E-state index is 12.3. The number of aromatic nitrogens is 5. The highest BCUT2D eigenvalue weighted by atomic mass is 16.3. The summed E-state index contributed by atoms with van der Waals surface area (Å²) in [5.74, 6) is 2.14. The van der Waals surface area contributed by atoms with Gasteiger partial charge in [0, 0.05) is 13.0 Å². The number of nitrogens with one attached hydrogen (secondary N) is 1. The molecule has 33 heavy (non-hydrogen) atoms. The van der Waals surface area contributed by atoms with Gasteiger partial charge < -0.3 is 15.5 Å². The molecule has 0 bridgehead atoms. The highest BCUT2D eigenvalue weighted by molar-refractivity contribution is 5.82. The molecule has 10 heteroatoms. The molecule has 5 rings (SSSR count). The SMILES string of the molecule is Nc1nc(NCCc2ccc(CC(=O)CN3CCCC3)cc2)nc2nc(-c3ccco3)nn12. The highest BCUT2D eigenvalue weighted by Crippen LogP contribution is 2.17. The van der Waals surface area contributed by atoms with Crippen LogP contribution in [0, 0.1) is 0 Å². The molecule has 0 saturated carbocycles. The number of likely N-dealkylation sites (tertiary alicyclic amines) is 1. The number of rotatable bonds is 9. The van der Waals surface area contributed by atoms with Gasteiger partial charge in [-0.15, -0.1) is 5.10 Å². The minimum absolute atomic E-state index is 0.191. The second-order valence-corrected chi connectivity index (χ2v) is 8.22. The molecule has 3 aromatic heterocycles. The number of nitrogen functional groups attached to an aromatic ring is 1. The van der Waals surface area contributed by atoms with Crippen molar-refractivity contribution in [3.05, 3.63) is 53.8 Å². The first-order chi connectivity index (χ1) is 16.1. The Labute approximate surface area is 190 Å². The topological polar surface area (TPSA) is 127 Å². The Morgan fingerprint density at radius 3 is 2.61 bits per heavy atom. The van der Waals surface area contributed by atoms with Crippen LogP contribution in [0.25, 0.3) is 17.4 Å². The lowest BCUT2D eigenvalue weighted by Crippen LogP contribution is -2.27. The van der Waals surface area contributed by atoms with Gasteiger partial charge in [-0.1, -0.05) is 24.3 Å². The van der Waals surface area contributed by atoms with Crippen molar-refractivity contribution in [3.63, 3.8) is 0 Å². The van der Waals surface area contributed by atoms with E-state index in [0.717, 1.165) is 30.6 Å². The van der Waals surface area contributed by atoms with Crippen LogP contribution in [-0.4, -0.2) is 61.4 Å². The summed E-state index contributed by atoms with van der Waals surface area (Å²) in [6.45, 7) is 3.28. The Morgan fingerprint density at radius 1 is 1.06 bits per heavy atom. The molecule has 0 amide bonds. The molecule has 10 nitrogen and oxygen atoms in total. The van der Waals surface area contributed by atoms with Gasteiger partial charge in [-0.3, -0.25) is 9.69 Å². The number of nitrogens with two attached hydrogens (primary N) is 1. The summed E-state index contributed by atoms with van der Waals surface area (Å²) in [5, 5.41) is 7.48. The number of Topliss-reactive ketones (excluding diaryl/α,β-unsaturated/α-hetero) is 1. The van der Waals surface area contributed by atoms with Gasteiger partial charge in [0.2, 0.25) is 17.7 Å². The van der Waals surface area contributed by atoms with Crippen molar-refractivity contribution in [2.45, 2.75) is 25.7 Å². The van der Waals surface area contributed by atoms with E-state index in [1.165, 1.54) is 17.4 Å². The van der Waals surface area contributed by atoms with E-state index in [4.69, 9.17) is 10.2 Å². The second kappa shape index (κ2) is 9.37. The molecular formula is C23H26N8O2. The molecule has 1 fully saturated rings. The summed E-state index contributed by atoms with van der Waals surface area (Å²) >= 11 is 0. The van der Waals surface area contributed by atoms with Gasteiger partial charge in [0.15, 0.2) is 11.5 Å². The van der Waals surface area contributed by atoms with Crippen LogP contribution >= 0.6 is 0 Å². The lowest BCUT2D eigenvalue weighted by Gasteiger charge is -2.13. The average molecular weight is 447 g/mol. The van der Waals surface area contributed by atoms with Gasteiger partial charge in [0.25, 0.3) is 5.78 Å². The van der Waals surface area contributed by atoms with Crippen LogP contribution in [0.15, 0.2) is 47.1 Å². The van der Waals surface area contributed by atoms with Crippen LogP contribution in [0.5, 0.6) is 0 Å². The third-order valence-electron chi connectivity index (χ3n) is 5.69. The average Bonchev–Trinajstić information content (AvgIpc) is 3.57. The maximum absolute atomic E-state index is 12.3. The van der Waals surface area contributed by atoms with Crippen molar-refractivity contribution in [1.82, 2.24) is 29.5 Å². The molecule has 1 saturated heterocycles. The fourth-order valence-corrected chi connectivity index (χ4v) is 4.01. The molecule has 170 valence electrons. The maximum Gasteiger partial charge on any atom is 0.259 e. The lowest BCUT2D eigenvalue weighted by atomic mass is 10.0. The Balaban J connectivity index is 1.15. The molecule has 1 aliphatic heterocycles. The summed E-state index contributed by atoms with van der Waals surface area (Å²) in [5.41, 5.74) is 8.24. The molecule has 4 heterocycles. The van der Waals surface area contributed by atoms with Crippen molar-refractivity contribution in [3.8, 4) is 11.6 Å². The fraction of sp³-hybridized carbons (Fsp3) is 0.348. The van der Waals surface area contributed by atoms with Gasteiger partial charge in [0.1, 0.15) is 0 Å². The molecule has 0 radical (unpaired) electrons. The quantitative estimate of drug-likeness (QED) is 0.398. The van der Waals surface area contributed by atoms with Gasteiger partial charge in [-0.2, -0.15) is 19.5 Å². The second-order valence-electron chi connectivity index (χ2n) is 8.22. The predicted octanol–water partition coefficient (Wildman–Crippen LogP) is 2.22. The molecule has 0 unspecified atom stereocenters. The van der Waals surface area contributed by atoms with Crippen LogP contribution < -0.4 is 11.1 Å². The van der Waals surface area contributed by atoms with Crippen molar-refractivity contribution < 1.29 is 9.21 Å². The number of nitrogens with zero attached hydrogens (tertiary/aromatic N) is 6. The normalized spacial score (nSPS) is 14.2. The van der Waals surface area contributed by atoms with Crippen molar-refractivity contribution in [1.29, 1.82) is 0 Å². The summed E-state index contributed by atoms with van der Waals surface area (Å²) in [6.07, 6.45) is 5.22. The molecule has 0 spiro atoms. The largest absolute Gasteiger partial charge is 0.461 e. The molecule has 1 aliphatic rings. The zero-order chi connectivity index (χ0) is 22.6. The van der Waals surface area contributed by atoms with Crippen LogP contribution in [0.2, 0.25) is 0 Å². The van der Waals surface area contributed by atoms with Crippen LogP contribution in [0.3, 0.4) is 0 Å². The van der Waals surface area contributed by atoms with Crippen LogP contribution in [0.4, 0.5) is 11.9 Å². The fourth-order valence-electron chi connectivity index (χ4n) is 4.01. The van der Waals surface area contributed by atoms with E-state index in [1.54, 1.807) is 18.4 Å². The third-order valence-corrected chi connectivity index (χ3v) is 5.69. The number of carbonyl (C=O) groups is 1. The number of anilines is 2. The number of carbonyl (C=O) groups excluding carboxylic acids is 1. The first kappa shape index (κ1) is 21.1. The van der Waals surface area contributed by atoms with Crippen LogP contribution in [0.1, 0.15) is 24.0 Å². The first-order valence-corrected chi connectivity index (χ1v) is 11.1. The van der Waals surface area contributed by atoms with Crippen molar-refractivity contribution in [2.75, 3.05) is 37.2 Å². The lowest BCUT2D eigenvalue weighted by molar-refractivity contribution is -0.119.